The van der Waals surface area contributed by atoms with Crippen LogP contribution in [0.1, 0.15) is 17.2 Å². The van der Waals surface area contributed by atoms with Crippen LogP contribution < -0.4 is 9.47 Å². The average Bonchev–Trinajstić information content (AvgIpc) is 3.01. The summed E-state index contributed by atoms with van der Waals surface area (Å²) in [5, 5.41) is 11.0. The Bertz CT molecular complexity index is 1020. The molecule has 0 bridgehead atoms. The molecule has 3 rings (SSSR count). The maximum atomic E-state index is 14.2. The molecule has 0 radical (unpaired) electrons. The van der Waals surface area contributed by atoms with Gasteiger partial charge in [0.05, 0.1) is 25.8 Å². The fourth-order valence-electron chi connectivity index (χ4n) is 3.52. The average molecular weight is 428 g/mol. The van der Waals surface area contributed by atoms with Crippen molar-refractivity contribution in [2.45, 2.75) is 6.04 Å². The topological polar surface area (TPSA) is 79.3 Å². The van der Waals surface area contributed by atoms with Crippen LogP contribution in [0.25, 0.3) is 5.76 Å². The standard InChI is InChI=1S/C23H25FN2O5/c1-25(2)11-12-26-20(14-5-8-16(30-3)9-6-14)19(22(28)23(26)29)21(27)15-7-10-18(31-4)17(24)13-15/h5-10,13,20,27H,11-12H2,1-4H3. The van der Waals surface area contributed by atoms with Crippen molar-refractivity contribution in [3.8, 4) is 11.5 Å². The molecule has 1 heterocycles. The highest BCUT2D eigenvalue weighted by atomic mass is 19.1. The fourth-order valence-corrected chi connectivity index (χ4v) is 3.52. The lowest BCUT2D eigenvalue weighted by Gasteiger charge is -2.26. The Morgan fingerprint density at radius 3 is 2.32 bits per heavy atom. The third-order valence-electron chi connectivity index (χ3n) is 5.18. The molecule has 2 aromatic carbocycles. The summed E-state index contributed by atoms with van der Waals surface area (Å²) in [7, 11) is 6.59. The van der Waals surface area contributed by atoms with Crippen LogP contribution in [0.4, 0.5) is 4.39 Å². The number of aliphatic hydroxyl groups excluding tert-OH is 1. The molecule has 0 spiro atoms. The van der Waals surface area contributed by atoms with E-state index in [-0.39, 0.29) is 23.4 Å². The number of ether oxygens (including phenoxy) is 2. The normalized spacial score (nSPS) is 18.0. The van der Waals surface area contributed by atoms with Crippen LogP contribution in [0.3, 0.4) is 0 Å². The molecule has 8 heteroatoms. The number of carbonyl (C=O) groups excluding carboxylic acids is 2. The first-order valence-electron chi connectivity index (χ1n) is 9.69. The zero-order valence-electron chi connectivity index (χ0n) is 17.9. The number of halogens is 1. The zero-order chi connectivity index (χ0) is 22.7. The van der Waals surface area contributed by atoms with Gasteiger partial charge in [0.2, 0.25) is 0 Å². The number of methoxy groups -OCH3 is 2. The number of Topliss-reactive ketones (excluding diaryl/α,β-unsaturated/α-hetero) is 1. The van der Waals surface area contributed by atoms with Gasteiger partial charge in [-0.3, -0.25) is 9.59 Å². The number of benzene rings is 2. The minimum absolute atomic E-state index is 0.00897. The fraction of sp³-hybridized carbons (Fsp3) is 0.304. The van der Waals surface area contributed by atoms with Gasteiger partial charge in [-0.1, -0.05) is 12.1 Å². The summed E-state index contributed by atoms with van der Waals surface area (Å²) in [4.78, 5) is 29.1. The Kier molecular flexibility index (Phi) is 6.60. The lowest BCUT2D eigenvalue weighted by Crippen LogP contribution is -2.35. The van der Waals surface area contributed by atoms with Crippen molar-refractivity contribution >= 4 is 17.4 Å². The molecular formula is C23H25FN2O5. The molecule has 1 aliphatic rings. The Balaban J connectivity index is 2.14. The molecule has 164 valence electrons. The van der Waals surface area contributed by atoms with E-state index in [0.717, 1.165) is 6.07 Å². The van der Waals surface area contributed by atoms with Crippen LogP contribution in [0, 0.1) is 5.82 Å². The zero-order valence-corrected chi connectivity index (χ0v) is 17.9. The van der Waals surface area contributed by atoms with Crippen LogP contribution in [-0.2, 0) is 9.59 Å². The number of nitrogens with zero attached hydrogens (tertiary/aromatic N) is 2. The van der Waals surface area contributed by atoms with Crippen molar-refractivity contribution in [1.82, 2.24) is 9.80 Å². The van der Waals surface area contributed by atoms with E-state index in [1.165, 1.54) is 31.3 Å². The Labute approximate surface area is 180 Å². The first-order chi connectivity index (χ1) is 14.8. The van der Waals surface area contributed by atoms with Gasteiger partial charge in [-0.15, -0.1) is 0 Å². The highest BCUT2D eigenvalue weighted by Crippen LogP contribution is 2.40. The van der Waals surface area contributed by atoms with E-state index >= 15 is 0 Å². The van der Waals surface area contributed by atoms with Crippen molar-refractivity contribution < 1.29 is 28.6 Å². The van der Waals surface area contributed by atoms with Gasteiger partial charge in [-0.05, 0) is 50.0 Å². The lowest BCUT2D eigenvalue weighted by atomic mass is 9.95. The van der Waals surface area contributed by atoms with Gasteiger partial charge in [0.15, 0.2) is 11.6 Å². The number of amides is 1. The van der Waals surface area contributed by atoms with Crippen molar-refractivity contribution in [1.29, 1.82) is 0 Å². The van der Waals surface area contributed by atoms with E-state index < -0.39 is 29.3 Å². The molecule has 0 aliphatic carbocycles. The van der Waals surface area contributed by atoms with Crippen molar-refractivity contribution in [3.05, 3.63) is 65.0 Å². The molecule has 31 heavy (non-hydrogen) atoms. The van der Waals surface area contributed by atoms with E-state index in [2.05, 4.69) is 0 Å². The molecule has 0 aromatic heterocycles. The first kappa shape index (κ1) is 22.3. The van der Waals surface area contributed by atoms with Crippen LogP contribution in [0.2, 0.25) is 0 Å². The van der Waals surface area contributed by atoms with Crippen LogP contribution >= 0.6 is 0 Å². The van der Waals surface area contributed by atoms with Crippen LogP contribution in [-0.4, -0.2) is 68.0 Å². The van der Waals surface area contributed by atoms with E-state index in [9.17, 15) is 19.1 Å². The first-order valence-corrected chi connectivity index (χ1v) is 9.69. The number of hydrogen-bond donors (Lipinski definition) is 1. The van der Waals surface area contributed by atoms with Gasteiger partial charge < -0.3 is 24.4 Å². The summed E-state index contributed by atoms with van der Waals surface area (Å²) in [6, 6.07) is 9.97. The van der Waals surface area contributed by atoms with Crippen molar-refractivity contribution in [3.63, 3.8) is 0 Å². The van der Waals surface area contributed by atoms with E-state index in [1.54, 1.807) is 24.3 Å². The van der Waals surface area contributed by atoms with Gasteiger partial charge in [0.1, 0.15) is 11.5 Å². The minimum Gasteiger partial charge on any atom is -0.507 e. The second-order valence-electron chi connectivity index (χ2n) is 7.42. The summed E-state index contributed by atoms with van der Waals surface area (Å²) < 4.78 is 24.3. The maximum absolute atomic E-state index is 14.2. The maximum Gasteiger partial charge on any atom is 0.295 e. The highest BCUT2D eigenvalue weighted by Gasteiger charge is 2.45. The number of likely N-dealkylation sites (N-methyl/N-ethyl adjacent to an activating group) is 1. The number of hydrogen-bond acceptors (Lipinski definition) is 6. The molecular weight excluding hydrogens is 403 g/mol. The van der Waals surface area contributed by atoms with Crippen molar-refractivity contribution in [2.24, 2.45) is 0 Å². The quantitative estimate of drug-likeness (QED) is 0.415. The monoisotopic (exact) mass is 428 g/mol. The summed E-state index contributed by atoms with van der Waals surface area (Å²) in [5.74, 6) is -2.02. The molecule has 1 aliphatic heterocycles. The second-order valence-corrected chi connectivity index (χ2v) is 7.42. The Hall–Kier alpha value is -3.39. The Morgan fingerprint density at radius 2 is 1.77 bits per heavy atom. The predicted molar refractivity (Wildman–Crippen MR) is 114 cm³/mol. The second kappa shape index (κ2) is 9.18. The minimum atomic E-state index is -0.812. The third-order valence-corrected chi connectivity index (χ3v) is 5.18. The molecule has 1 amide bonds. The van der Waals surface area contributed by atoms with Gasteiger partial charge in [0.25, 0.3) is 11.7 Å². The summed E-state index contributed by atoms with van der Waals surface area (Å²) in [6.45, 7) is 0.804. The molecule has 1 unspecified atom stereocenters. The smallest absolute Gasteiger partial charge is 0.295 e. The van der Waals surface area contributed by atoms with Crippen LogP contribution in [0.5, 0.6) is 11.5 Å². The van der Waals surface area contributed by atoms with Gasteiger partial charge in [0, 0.05) is 18.7 Å². The predicted octanol–water partition coefficient (Wildman–Crippen LogP) is 2.83. The molecule has 1 saturated heterocycles. The van der Waals surface area contributed by atoms with E-state index in [1.807, 2.05) is 19.0 Å². The van der Waals surface area contributed by atoms with Gasteiger partial charge in [-0.2, -0.15) is 0 Å². The van der Waals surface area contributed by atoms with Gasteiger partial charge in [-0.25, -0.2) is 4.39 Å². The lowest BCUT2D eigenvalue weighted by molar-refractivity contribution is -0.140. The molecule has 1 atom stereocenters. The molecule has 7 nitrogen and oxygen atoms in total. The van der Waals surface area contributed by atoms with Crippen LogP contribution in [0.15, 0.2) is 48.0 Å². The molecule has 0 saturated carbocycles. The van der Waals surface area contributed by atoms with Gasteiger partial charge >= 0.3 is 0 Å². The molecule has 1 fully saturated rings. The Morgan fingerprint density at radius 1 is 1.10 bits per heavy atom. The number of likely N-dealkylation sites (tertiary alicyclic amines) is 1. The van der Waals surface area contributed by atoms with Crippen molar-refractivity contribution in [2.75, 3.05) is 41.4 Å². The largest absolute Gasteiger partial charge is 0.507 e. The highest BCUT2D eigenvalue weighted by molar-refractivity contribution is 6.46. The van der Waals surface area contributed by atoms with E-state index in [0.29, 0.717) is 17.9 Å². The number of carbonyl (C=O) groups is 2. The molecule has 1 N–H and O–H groups in total. The summed E-state index contributed by atoms with van der Waals surface area (Å²) >= 11 is 0. The van der Waals surface area contributed by atoms with E-state index in [4.69, 9.17) is 9.47 Å². The number of rotatable bonds is 7. The molecule has 2 aromatic rings. The summed E-state index contributed by atoms with van der Waals surface area (Å²) in [6.07, 6.45) is 0. The summed E-state index contributed by atoms with van der Waals surface area (Å²) in [5.41, 5.74) is 0.634. The number of aliphatic hydroxyl groups is 1. The number of ketones is 1. The SMILES string of the molecule is COc1ccc(C2C(=C(O)c3ccc(OC)c(F)c3)C(=O)C(=O)N2CCN(C)C)cc1. The third kappa shape index (κ3) is 4.39.